The highest BCUT2D eigenvalue weighted by molar-refractivity contribution is 5.28. The largest absolute Gasteiger partial charge is 0.339 e. The lowest BCUT2D eigenvalue weighted by Gasteiger charge is -2.36. The van der Waals surface area contributed by atoms with Crippen LogP contribution in [0.4, 0.5) is 0 Å². The summed E-state index contributed by atoms with van der Waals surface area (Å²) in [7, 11) is 0. The number of rotatable bonds is 5. The minimum Gasteiger partial charge on any atom is -0.339 e. The van der Waals surface area contributed by atoms with Gasteiger partial charge < -0.3 is 9.47 Å². The van der Waals surface area contributed by atoms with E-state index in [-0.39, 0.29) is 0 Å². The molecule has 1 aromatic rings. The van der Waals surface area contributed by atoms with Gasteiger partial charge in [-0.05, 0) is 69.8 Å². The Labute approximate surface area is 140 Å². The van der Waals surface area contributed by atoms with E-state index in [0.717, 1.165) is 24.7 Å². The normalized spacial score (nSPS) is 23.7. The van der Waals surface area contributed by atoms with Gasteiger partial charge in [0.05, 0.1) is 0 Å². The van der Waals surface area contributed by atoms with Crippen LogP contribution in [0.3, 0.4) is 0 Å². The van der Waals surface area contributed by atoms with Gasteiger partial charge in [-0.1, -0.05) is 6.42 Å². The number of likely N-dealkylation sites (tertiary alicyclic amines) is 2. The van der Waals surface area contributed by atoms with Crippen molar-refractivity contribution >= 4 is 0 Å². The first-order valence-electron chi connectivity index (χ1n) is 9.32. The standard InChI is InChI=1S/C19H30N4/c1-2-23-16-18(11-19(23)12-20)15-22-10-6-7-17(14-22)13-21-8-4-3-5-9-21/h11,16-17H,2-10,13-15H2,1H3/t17-/m1/s1. The summed E-state index contributed by atoms with van der Waals surface area (Å²) < 4.78 is 2.06. The molecular weight excluding hydrogens is 284 g/mol. The number of aromatic nitrogens is 1. The number of piperidine rings is 2. The Balaban J connectivity index is 1.54. The molecule has 2 saturated heterocycles. The van der Waals surface area contributed by atoms with Crippen molar-refractivity contribution in [3.8, 4) is 6.07 Å². The van der Waals surface area contributed by atoms with Crippen LogP contribution in [0, 0.1) is 17.2 Å². The molecule has 0 N–H and O–H groups in total. The zero-order chi connectivity index (χ0) is 16.1. The van der Waals surface area contributed by atoms with Crippen LogP contribution < -0.4 is 0 Å². The Bertz CT molecular complexity index is 536. The lowest BCUT2D eigenvalue weighted by atomic mass is 9.96. The van der Waals surface area contributed by atoms with Gasteiger partial charge >= 0.3 is 0 Å². The van der Waals surface area contributed by atoms with Crippen LogP contribution in [0.2, 0.25) is 0 Å². The molecule has 4 heteroatoms. The molecule has 0 amide bonds. The highest BCUT2D eigenvalue weighted by Gasteiger charge is 2.23. The van der Waals surface area contributed by atoms with Crippen molar-refractivity contribution in [3.63, 3.8) is 0 Å². The van der Waals surface area contributed by atoms with Crippen LogP contribution in [0.1, 0.15) is 50.3 Å². The predicted molar refractivity (Wildman–Crippen MR) is 93.1 cm³/mol. The van der Waals surface area contributed by atoms with Crippen molar-refractivity contribution in [1.82, 2.24) is 14.4 Å². The molecule has 2 fully saturated rings. The van der Waals surface area contributed by atoms with Gasteiger partial charge in [0.15, 0.2) is 0 Å². The van der Waals surface area contributed by atoms with E-state index in [1.807, 2.05) is 0 Å². The van der Waals surface area contributed by atoms with E-state index < -0.39 is 0 Å². The average Bonchev–Trinajstić information content (AvgIpc) is 2.98. The SMILES string of the molecule is CCn1cc(CN2CCC[C@H](CN3CCCCC3)C2)cc1C#N. The summed E-state index contributed by atoms with van der Waals surface area (Å²) in [6.45, 7) is 10.3. The molecular formula is C19H30N4. The van der Waals surface area contributed by atoms with E-state index in [0.29, 0.717) is 0 Å². The molecule has 3 heterocycles. The lowest BCUT2D eigenvalue weighted by molar-refractivity contribution is 0.118. The Kier molecular flexibility index (Phi) is 5.75. The number of hydrogen-bond donors (Lipinski definition) is 0. The van der Waals surface area contributed by atoms with Crippen molar-refractivity contribution < 1.29 is 0 Å². The van der Waals surface area contributed by atoms with Crippen LogP contribution in [-0.4, -0.2) is 47.1 Å². The molecule has 4 nitrogen and oxygen atoms in total. The molecule has 0 bridgehead atoms. The Morgan fingerprint density at radius 1 is 1.13 bits per heavy atom. The molecule has 0 saturated carbocycles. The number of hydrogen-bond acceptors (Lipinski definition) is 3. The zero-order valence-corrected chi connectivity index (χ0v) is 14.5. The highest BCUT2D eigenvalue weighted by Crippen LogP contribution is 2.22. The molecule has 2 aliphatic heterocycles. The number of nitriles is 1. The fourth-order valence-electron chi connectivity index (χ4n) is 4.22. The van der Waals surface area contributed by atoms with Crippen LogP contribution >= 0.6 is 0 Å². The van der Waals surface area contributed by atoms with Crippen molar-refractivity contribution in [2.24, 2.45) is 5.92 Å². The summed E-state index contributed by atoms with van der Waals surface area (Å²) >= 11 is 0. The topological polar surface area (TPSA) is 35.2 Å². The summed E-state index contributed by atoms with van der Waals surface area (Å²) in [6.07, 6.45) is 9.05. The second-order valence-electron chi connectivity index (χ2n) is 7.24. The molecule has 126 valence electrons. The van der Waals surface area contributed by atoms with Gasteiger partial charge in [0, 0.05) is 32.4 Å². The third kappa shape index (κ3) is 4.37. The molecule has 0 radical (unpaired) electrons. The van der Waals surface area contributed by atoms with E-state index in [1.165, 1.54) is 70.4 Å². The first-order chi connectivity index (χ1) is 11.3. The van der Waals surface area contributed by atoms with Crippen LogP contribution in [0.15, 0.2) is 12.3 Å². The second-order valence-corrected chi connectivity index (χ2v) is 7.24. The Hall–Kier alpha value is -1.31. The summed E-state index contributed by atoms with van der Waals surface area (Å²) in [4.78, 5) is 5.27. The first-order valence-corrected chi connectivity index (χ1v) is 9.32. The molecule has 2 aliphatic rings. The van der Waals surface area contributed by atoms with Gasteiger partial charge in [-0.3, -0.25) is 4.90 Å². The van der Waals surface area contributed by atoms with Crippen LogP contribution in [-0.2, 0) is 13.1 Å². The number of aryl methyl sites for hydroxylation is 1. The molecule has 0 aliphatic carbocycles. The lowest BCUT2D eigenvalue weighted by Crippen LogP contribution is -2.42. The Morgan fingerprint density at radius 2 is 1.91 bits per heavy atom. The zero-order valence-electron chi connectivity index (χ0n) is 14.5. The highest BCUT2D eigenvalue weighted by atomic mass is 15.2. The monoisotopic (exact) mass is 314 g/mol. The maximum atomic E-state index is 9.20. The summed E-state index contributed by atoms with van der Waals surface area (Å²) in [5.74, 6) is 0.825. The molecule has 0 aromatic carbocycles. The predicted octanol–water partition coefficient (Wildman–Crippen LogP) is 3.08. The summed E-state index contributed by atoms with van der Waals surface area (Å²) in [5, 5.41) is 9.20. The van der Waals surface area contributed by atoms with Gasteiger partial charge in [0.25, 0.3) is 0 Å². The quantitative estimate of drug-likeness (QED) is 0.838. The van der Waals surface area contributed by atoms with Gasteiger partial charge in [0.1, 0.15) is 11.8 Å². The minimum atomic E-state index is 0.796. The fraction of sp³-hybridized carbons (Fsp3) is 0.737. The van der Waals surface area contributed by atoms with E-state index in [2.05, 4.69) is 39.6 Å². The minimum absolute atomic E-state index is 0.796. The van der Waals surface area contributed by atoms with Crippen molar-refractivity contribution in [2.45, 2.75) is 52.1 Å². The maximum Gasteiger partial charge on any atom is 0.120 e. The van der Waals surface area contributed by atoms with E-state index in [9.17, 15) is 5.26 Å². The average molecular weight is 314 g/mol. The van der Waals surface area contributed by atoms with Crippen molar-refractivity contribution in [3.05, 3.63) is 23.5 Å². The van der Waals surface area contributed by atoms with E-state index in [4.69, 9.17) is 0 Å². The van der Waals surface area contributed by atoms with Crippen molar-refractivity contribution in [2.75, 3.05) is 32.7 Å². The molecule has 0 spiro atoms. The van der Waals surface area contributed by atoms with Crippen molar-refractivity contribution in [1.29, 1.82) is 5.26 Å². The van der Waals surface area contributed by atoms with Gasteiger partial charge in [-0.2, -0.15) is 5.26 Å². The molecule has 1 atom stereocenters. The summed E-state index contributed by atoms with van der Waals surface area (Å²) in [6, 6.07) is 4.37. The number of nitrogens with zero attached hydrogens (tertiary/aromatic N) is 4. The third-order valence-electron chi connectivity index (χ3n) is 5.38. The van der Waals surface area contributed by atoms with Gasteiger partial charge in [0.2, 0.25) is 0 Å². The van der Waals surface area contributed by atoms with E-state index >= 15 is 0 Å². The van der Waals surface area contributed by atoms with Crippen LogP contribution in [0.5, 0.6) is 0 Å². The van der Waals surface area contributed by atoms with E-state index in [1.54, 1.807) is 0 Å². The molecule has 3 rings (SSSR count). The van der Waals surface area contributed by atoms with Gasteiger partial charge in [-0.15, -0.1) is 0 Å². The smallest absolute Gasteiger partial charge is 0.120 e. The summed E-state index contributed by atoms with van der Waals surface area (Å²) in [5.41, 5.74) is 2.09. The molecule has 0 unspecified atom stereocenters. The fourth-order valence-corrected chi connectivity index (χ4v) is 4.22. The molecule has 1 aromatic heterocycles. The third-order valence-corrected chi connectivity index (χ3v) is 5.38. The second kappa shape index (κ2) is 7.99. The molecule has 23 heavy (non-hydrogen) atoms. The Morgan fingerprint density at radius 3 is 2.61 bits per heavy atom. The van der Waals surface area contributed by atoms with Gasteiger partial charge in [-0.25, -0.2) is 0 Å². The first kappa shape index (κ1) is 16.5. The van der Waals surface area contributed by atoms with Crippen LogP contribution in [0.25, 0.3) is 0 Å². The maximum absolute atomic E-state index is 9.20.